The molecule has 1 fully saturated rings. The predicted octanol–water partition coefficient (Wildman–Crippen LogP) is 2.75. The summed E-state index contributed by atoms with van der Waals surface area (Å²) in [6.45, 7) is 4.60. The number of benzene rings is 2. The number of morpholine rings is 1. The molecule has 9 heteroatoms. The lowest BCUT2D eigenvalue weighted by molar-refractivity contribution is -0.123. The second kappa shape index (κ2) is 9.40. The summed E-state index contributed by atoms with van der Waals surface area (Å²) in [4.78, 5) is 39.6. The van der Waals surface area contributed by atoms with Crippen LogP contribution in [0.15, 0.2) is 47.4 Å². The fraction of sp³-hybridized carbons (Fsp3) is 0.318. The molecule has 2 aliphatic heterocycles. The Hall–Kier alpha value is -3.04. The molecule has 2 heterocycles. The number of nitrogens with one attached hydrogen (secondary N) is 2. The van der Waals surface area contributed by atoms with Crippen LogP contribution >= 0.6 is 11.8 Å². The quantitative estimate of drug-likeness (QED) is 0.689. The zero-order valence-electron chi connectivity index (χ0n) is 17.1. The highest BCUT2D eigenvalue weighted by Gasteiger charge is 2.22. The average molecular weight is 442 g/mol. The molecule has 2 aliphatic rings. The fourth-order valence-electron chi connectivity index (χ4n) is 3.31. The molecule has 2 N–H and O–H groups in total. The van der Waals surface area contributed by atoms with Crippen LogP contribution in [0.25, 0.3) is 0 Å². The molecule has 2 aromatic carbocycles. The van der Waals surface area contributed by atoms with Crippen LogP contribution in [-0.4, -0.2) is 55.9 Å². The molecule has 0 aromatic heterocycles. The van der Waals surface area contributed by atoms with Crippen molar-refractivity contribution in [3.8, 4) is 0 Å². The first-order valence-corrected chi connectivity index (χ1v) is 11.0. The molecule has 0 aliphatic carbocycles. The lowest BCUT2D eigenvalue weighted by Gasteiger charge is -2.28. The number of fused-ring (bicyclic) bond motifs is 1. The van der Waals surface area contributed by atoms with Crippen molar-refractivity contribution in [3.05, 3.63) is 48.0 Å². The van der Waals surface area contributed by atoms with E-state index < -0.39 is 18.0 Å². The van der Waals surface area contributed by atoms with E-state index in [9.17, 15) is 14.4 Å². The Balaban J connectivity index is 1.33. The van der Waals surface area contributed by atoms with Gasteiger partial charge in [0.15, 0.2) is 6.10 Å². The van der Waals surface area contributed by atoms with Crippen LogP contribution in [0.3, 0.4) is 0 Å². The molecule has 2 aromatic rings. The summed E-state index contributed by atoms with van der Waals surface area (Å²) in [7, 11) is 0. The van der Waals surface area contributed by atoms with E-state index in [0.29, 0.717) is 30.3 Å². The number of nitrogens with zero attached hydrogens (tertiary/aromatic N) is 1. The lowest BCUT2D eigenvalue weighted by atomic mass is 10.2. The van der Waals surface area contributed by atoms with E-state index in [-0.39, 0.29) is 11.5 Å². The molecule has 2 amide bonds. The van der Waals surface area contributed by atoms with Crippen LogP contribution in [0.1, 0.15) is 17.3 Å². The Morgan fingerprint density at radius 1 is 1.16 bits per heavy atom. The molecule has 1 atom stereocenters. The number of carbonyl (C=O) groups is 3. The van der Waals surface area contributed by atoms with E-state index in [0.717, 1.165) is 23.7 Å². The smallest absolute Gasteiger partial charge is 0.338 e. The molecular formula is C22H23N3O5S. The van der Waals surface area contributed by atoms with E-state index >= 15 is 0 Å². The number of hydrogen-bond donors (Lipinski definition) is 2. The number of esters is 1. The maximum Gasteiger partial charge on any atom is 0.338 e. The van der Waals surface area contributed by atoms with E-state index in [1.165, 1.54) is 18.7 Å². The average Bonchev–Trinajstić information content (AvgIpc) is 2.79. The van der Waals surface area contributed by atoms with Gasteiger partial charge in [-0.25, -0.2) is 4.79 Å². The van der Waals surface area contributed by atoms with Crippen LogP contribution in [0, 0.1) is 0 Å². The van der Waals surface area contributed by atoms with Crippen molar-refractivity contribution in [2.45, 2.75) is 17.9 Å². The van der Waals surface area contributed by atoms with Gasteiger partial charge in [-0.3, -0.25) is 9.59 Å². The fourth-order valence-corrected chi connectivity index (χ4v) is 4.10. The van der Waals surface area contributed by atoms with E-state index in [4.69, 9.17) is 9.47 Å². The first kappa shape index (κ1) is 21.2. The molecule has 162 valence electrons. The van der Waals surface area contributed by atoms with Gasteiger partial charge in [0.2, 0.25) is 5.91 Å². The molecule has 0 radical (unpaired) electrons. The third kappa shape index (κ3) is 5.18. The van der Waals surface area contributed by atoms with E-state index in [1.807, 2.05) is 24.3 Å². The maximum absolute atomic E-state index is 12.5. The molecule has 0 saturated carbocycles. The highest BCUT2D eigenvalue weighted by atomic mass is 32.2. The number of anilines is 3. The van der Waals surface area contributed by atoms with Crippen molar-refractivity contribution in [1.29, 1.82) is 0 Å². The molecule has 0 spiro atoms. The van der Waals surface area contributed by atoms with Gasteiger partial charge in [0.1, 0.15) is 0 Å². The summed E-state index contributed by atoms with van der Waals surface area (Å²) < 4.78 is 10.7. The first-order valence-electron chi connectivity index (χ1n) is 10.0. The molecule has 0 unspecified atom stereocenters. The van der Waals surface area contributed by atoms with Gasteiger partial charge in [-0.2, -0.15) is 0 Å². The van der Waals surface area contributed by atoms with Crippen molar-refractivity contribution in [2.75, 3.05) is 47.6 Å². The van der Waals surface area contributed by atoms with Crippen molar-refractivity contribution in [1.82, 2.24) is 0 Å². The number of hydrogen-bond acceptors (Lipinski definition) is 7. The molecule has 1 saturated heterocycles. The number of ether oxygens (including phenoxy) is 2. The summed E-state index contributed by atoms with van der Waals surface area (Å²) in [5.41, 5.74) is 2.54. The topological polar surface area (TPSA) is 97.0 Å². The Morgan fingerprint density at radius 3 is 2.65 bits per heavy atom. The zero-order valence-corrected chi connectivity index (χ0v) is 17.9. The molecule has 4 rings (SSSR count). The zero-order chi connectivity index (χ0) is 21.8. The van der Waals surface area contributed by atoms with Gasteiger partial charge in [-0.15, -0.1) is 11.8 Å². The summed E-state index contributed by atoms with van der Waals surface area (Å²) in [5, 5.41) is 5.50. The number of thioether (sulfide) groups is 1. The SMILES string of the molecule is C[C@@H](OC(=O)c1ccc2c(c1)NC(=O)CS2)C(=O)Nc1ccc(N2CCOCC2)cc1. The van der Waals surface area contributed by atoms with Gasteiger partial charge in [0.05, 0.1) is 30.2 Å². The van der Waals surface area contributed by atoms with Crippen LogP contribution in [0.2, 0.25) is 0 Å². The first-order chi connectivity index (χ1) is 15.0. The van der Waals surface area contributed by atoms with Crippen LogP contribution in [0.4, 0.5) is 17.1 Å². The normalized spacial score (nSPS) is 16.7. The van der Waals surface area contributed by atoms with E-state index in [1.54, 1.807) is 18.2 Å². The van der Waals surface area contributed by atoms with Crippen molar-refractivity contribution >= 4 is 46.6 Å². The third-order valence-electron chi connectivity index (χ3n) is 5.01. The Kier molecular flexibility index (Phi) is 6.43. The molecule has 0 bridgehead atoms. The summed E-state index contributed by atoms with van der Waals surface area (Å²) in [6.07, 6.45) is -0.980. The van der Waals surface area contributed by atoms with Gasteiger partial charge in [0, 0.05) is 29.4 Å². The largest absolute Gasteiger partial charge is 0.449 e. The summed E-state index contributed by atoms with van der Waals surface area (Å²) in [6, 6.07) is 12.5. The molecule has 31 heavy (non-hydrogen) atoms. The molecule has 8 nitrogen and oxygen atoms in total. The van der Waals surface area contributed by atoms with Crippen LogP contribution in [-0.2, 0) is 19.1 Å². The predicted molar refractivity (Wildman–Crippen MR) is 119 cm³/mol. The monoisotopic (exact) mass is 441 g/mol. The summed E-state index contributed by atoms with van der Waals surface area (Å²) in [5.74, 6) is -0.816. The van der Waals surface area contributed by atoms with Gasteiger partial charge in [-0.1, -0.05) is 0 Å². The lowest BCUT2D eigenvalue weighted by Crippen LogP contribution is -2.36. The Bertz CT molecular complexity index is 989. The van der Waals surface area contributed by atoms with Crippen molar-refractivity contribution in [3.63, 3.8) is 0 Å². The highest BCUT2D eigenvalue weighted by molar-refractivity contribution is 8.00. The minimum Gasteiger partial charge on any atom is -0.449 e. The van der Waals surface area contributed by atoms with Crippen molar-refractivity contribution in [2.24, 2.45) is 0 Å². The van der Waals surface area contributed by atoms with Gasteiger partial charge >= 0.3 is 5.97 Å². The highest BCUT2D eigenvalue weighted by Crippen LogP contribution is 2.32. The van der Waals surface area contributed by atoms with Crippen LogP contribution in [0.5, 0.6) is 0 Å². The number of rotatable bonds is 5. The van der Waals surface area contributed by atoms with Crippen molar-refractivity contribution < 1.29 is 23.9 Å². The third-order valence-corrected chi connectivity index (χ3v) is 6.09. The second-order valence-corrected chi connectivity index (χ2v) is 8.25. The number of amides is 2. The van der Waals surface area contributed by atoms with Gasteiger partial charge in [-0.05, 0) is 49.4 Å². The number of carbonyl (C=O) groups excluding carboxylic acids is 3. The standard InChI is InChI=1S/C22H23N3O5S/c1-14(30-22(28)15-2-7-19-18(12-15)24-20(26)13-31-19)21(27)23-16-3-5-17(6-4-16)25-8-10-29-11-9-25/h2-7,12,14H,8-11,13H2,1H3,(H,23,27)(H,24,26)/t14-/m1/s1. The Morgan fingerprint density at radius 2 is 1.90 bits per heavy atom. The minimum absolute atomic E-state index is 0.115. The maximum atomic E-state index is 12.5. The second-order valence-electron chi connectivity index (χ2n) is 7.23. The Labute approximate surface area is 184 Å². The van der Waals surface area contributed by atoms with Gasteiger partial charge < -0.3 is 25.0 Å². The van der Waals surface area contributed by atoms with E-state index in [2.05, 4.69) is 15.5 Å². The summed E-state index contributed by atoms with van der Waals surface area (Å²) >= 11 is 1.41. The molecular weight excluding hydrogens is 418 g/mol. The van der Waals surface area contributed by atoms with Gasteiger partial charge in [0.25, 0.3) is 5.91 Å². The minimum atomic E-state index is -0.980. The van der Waals surface area contributed by atoms with Crippen LogP contribution < -0.4 is 15.5 Å².